The molecule has 0 atom stereocenters. The summed E-state index contributed by atoms with van der Waals surface area (Å²) < 4.78 is 24.2. The first-order chi connectivity index (χ1) is 7.13. The van der Waals surface area contributed by atoms with E-state index in [1.165, 1.54) is 6.07 Å². The first kappa shape index (κ1) is 11.8. The Bertz CT molecular complexity index is 339. The number of rotatable bonds is 5. The Morgan fingerprint density at radius 3 is 2.73 bits per heavy atom. The lowest BCUT2D eigenvalue weighted by molar-refractivity contribution is 0.0984. The van der Waals surface area contributed by atoms with Crippen LogP contribution in [0.4, 0.5) is 8.78 Å². The largest absolute Gasteiger partial charge is 0.330 e. The first-order valence-corrected chi connectivity index (χ1v) is 4.74. The number of ketones is 1. The normalized spacial score (nSPS) is 10.7. The summed E-state index contributed by atoms with van der Waals surface area (Å²) in [5.74, 6) is -0.103. The topological polar surface area (TPSA) is 43.1 Å². The molecule has 0 radical (unpaired) electrons. The molecule has 82 valence electrons. The highest BCUT2D eigenvalue weighted by molar-refractivity contribution is 5.96. The molecule has 1 rings (SSSR count). The second-order valence-electron chi connectivity index (χ2n) is 3.26. The molecular weight excluding hydrogens is 200 g/mol. The lowest BCUT2D eigenvalue weighted by Crippen LogP contribution is -2.08. The molecule has 0 bridgehead atoms. The van der Waals surface area contributed by atoms with Gasteiger partial charge < -0.3 is 5.73 Å². The minimum atomic E-state index is -2.38. The Hall–Kier alpha value is -1.29. The molecule has 0 amide bonds. The van der Waals surface area contributed by atoms with Crippen LogP contribution in [0, 0.1) is 0 Å². The third-order valence-electron chi connectivity index (χ3n) is 2.01. The minimum absolute atomic E-state index is 0.103. The SMILES string of the molecule is NCCC(=O)c1cccc(CC(F)F)c1. The van der Waals surface area contributed by atoms with Crippen molar-refractivity contribution in [1.29, 1.82) is 0 Å². The standard InChI is InChI=1S/C11H13F2NO/c12-11(13)7-8-2-1-3-9(6-8)10(15)4-5-14/h1-3,6,11H,4-5,7,14H2. The monoisotopic (exact) mass is 213 g/mol. The van der Waals surface area contributed by atoms with Crippen molar-refractivity contribution in [3.63, 3.8) is 0 Å². The van der Waals surface area contributed by atoms with Crippen LogP contribution in [-0.4, -0.2) is 18.8 Å². The zero-order valence-corrected chi connectivity index (χ0v) is 8.25. The molecule has 0 aliphatic carbocycles. The Kier molecular flexibility index (Phi) is 4.37. The van der Waals surface area contributed by atoms with Crippen molar-refractivity contribution in [1.82, 2.24) is 0 Å². The van der Waals surface area contributed by atoms with Crippen LogP contribution in [0.3, 0.4) is 0 Å². The van der Waals surface area contributed by atoms with E-state index in [1.807, 2.05) is 0 Å². The van der Waals surface area contributed by atoms with Gasteiger partial charge in [-0.25, -0.2) is 8.78 Å². The number of nitrogens with two attached hydrogens (primary N) is 1. The van der Waals surface area contributed by atoms with Gasteiger partial charge in [-0.1, -0.05) is 18.2 Å². The molecule has 1 aromatic carbocycles. The maximum atomic E-state index is 12.1. The van der Waals surface area contributed by atoms with Gasteiger partial charge in [0.1, 0.15) is 0 Å². The third kappa shape index (κ3) is 3.75. The number of halogens is 2. The molecule has 15 heavy (non-hydrogen) atoms. The van der Waals surface area contributed by atoms with E-state index in [0.29, 0.717) is 11.1 Å². The summed E-state index contributed by atoms with van der Waals surface area (Å²) in [6.07, 6.45) is -2.45. The summed E-state index contributed by atoms with van der Waals surface area (Å²) in [5.41, 5.74) is 6.18. The van der Waals surface area contributed by atoms with E-state index in [0.717, 1.165) is 0 Å². The van der Waals surface area contributed by atoms with Crippen LogP contribution >= 0.6 is 0 Å². The average molecular weight is 213 g/mol. The average Bonchev–Trinajstić information content (AvgIpc) is 2.17. The second-order valence-corrected chi connectivity index (χ2v) is 3.26. The van der Waals surface area contributed by atoms with E-state index in [2.05, 4.69) is 0 Å². The van der Waals surface area contributed by atoms with Crippen LogP contribution in [0.15, 0.2) is 24.3 Å². The fourth-order valence-electron chi connectivity index (χ4n) is 1.33. The predicted molar refractivity (Wildman–Crippen MR) is 54.2 cm³/mol. The molecule has 0 aromatic heterocycles. The number of alkyl halides is 2. The summed E-state index contributed by atoms with van der Waals surface area (Å²) in [6, 6.07) is 6.32. The van der Waals surface area contributed by atoms with Gasteiger partial charge in [0, 0.05) is 18.4 Å². The van der Waals surface area contributed by atoms with Crippen LogP contribution in [-0.2, 0) is 6.42 Å². The van der Waals surface area contributed by atoms with Gasteiger partial charge >= 0.3 is 0 Å². The quantitative estimate of drug-likeness (QED) is 0.760. The van der Waals surface area contributed by atoms with Crippen LogP contribution in [0.5, 0.6) is 0 Å². The van der Waals surface area contributed by atoms with Gasteiger partial charge in [0.05, 0.1) is 0 Å². The van der Waals surface area contributed by atoms with E-state index >= 15 is 0 Å². The van der Waals surface area contributed by atoms with Crippen molar-refractivity contribution in [3.05, 3.63) is 35.4 Å². The molecule has 2 N–H and O–H groups in total. The molecule has 0 spiro atoms. The maximum absolute atomic E-state index is 12.1. The van der Waals surface area contributed by atoms with Gasteiger partial charge in [-0.2, -0.15) is 0 Å². The first-order valence-electron chi connectivity index (χ1n) is 4.74. The lowest BCUT2D eigenvalue weighted by Gasteiger charge is -2.03. The zero-order valence-electron chi connectivity index (χ0n) is 8.25. The van der Waals surface area contributed by atoms with Gasteiger partial charge in [0.25, 0.3) is 0 Å². The number of carbonyl (C=O) groups is 1. The van der Waals surface area contributed by atoms with E-state index in [-0.39, 0.29) is 25.2 Å². The molecular formula is C11H13F2NO. The van der Waals surface area contributed by atoms with Crippen LogP contribution < -0.4 is 5.73 Å². The van der Waals surface area contributed by atoms with Crippen molar-refractivity contribution in [2.24, 2.45) is 5.73 Å². The van der Waals surface area contributed by atoms with Crippen molar-refractivity contribution in [2.75, 3.05) is 6.54 Å². The predicted octanol–water partition coefficient (Wildman–Crippen LogP) is 2.03. The maximum Gasteiger partial charge on any atom is 0.242 e. The minimum Gasteiger partial charge on any atom is -0.330 e. The highest BCUT2D eigenvalue weighted by Gasteiger charge is 2.08. The summed E-state index contributed by atoms with van der Waals surface area (Å²) in [4.78, 5) is 11.4. The van der Waals surface area contributed by atoms with E-state index in [4.69, 9.17) is 5.73 Å². The molecule has 0 unspecified atom stereocenters. The number of hydrogen-bond donors (Lipinski definition) is 1. The highest BCUT2D eigenvalue weighted by atomic mass is 19.3. The molecule has 0 fully saturated rings. The molecule has 1 aromatic rings. The Labute approximate surface area is 87.1 Å². The molecule has 0 saturated carbocycles. The number of Topliss-reactive ketones (excluding diaryl/α,β-unsaturated/α-hetero) is 1. The Morgan fingerprint density at radius 2 is 2.13 bits per heavy atom. The molecule has 0 aliphatic rings. The van der Waals surface area contributed by atoms with Crippen LogP contribution in [0.2, 0.25) is 0 Å². The van der Waals surface area contributed by atoms with Crippen molar-refractivity contribution in [3.8, 4) is 0 Å². The molecule has 4 heteroatoms. The van der Waals surface area contributed by atoms with Crippen LogP contribution in [0.25, 0.3) is 0 Å². The zero-order chi connectivity index (χ0) is 11.3. The fourth-order valence-corrected chi connectivity index (χ4v) is 1.33. The molecule has 2 nitrogen and oxygen atoms in total. The molecule has 0 aliphatic heterocycles. The van der Waals surface area contributed by atoms with E-state index in [9.17, 15) is 13.6 Å². The Balaban J connectivity index is 2.78. The van der Waals surface area contributed by atoms with E-state index < -0.39 is 6.43 Å². The lowest BCUT2D eigenvalue weighted by atomic mass is 10.0. The smallest absolute Gasteiger partial charge is 0.242 e. The van der Waals surface area contributed by atoms with E-state index in [1.54, 1.807) is 18.2 Å². The number of carbonyl (C=O) groups excluding carboxylic acids is 1. The summed E-state index contributed by atoms with van der Waals surface area (Å²) in [7, 11) is 0. The highest BCUT2D eigenvalue weighted by Crippen LogP contribution is 2.11. The number of benzene rings is 1. The van der Waals surface area contributed by atoms with Gasteiger partial charge in [0.2, 0.25) is 6.43 Å². The van der Waals surface area contributed by atoms with Crippen molar-refractivity contribution >= 4 is 5.78 Å². The van der Waals surface area contributed by atoms with Crippen molar-refractivity contribution < 1.29 is 13.6 Å². The number of hydrogen-bond acceptors (Lipinski definition) is 2. The summed E-state index contributed by atoms with van der Waals surface area (Å²) in [6.45, 7) is 0.276. The van der Waals surface area contributed by atoms with Gasteiger partial charge in [-0.15, -0.1) is 0 Å². The summed E-state index contributed by atoms with van der Waals surface area (Å²) in [5, 5.41) is 0. The molecule has 0 heterocycles. The van der Waals surface area contributed by atoms with Gasteiger partial charge in [-0.05, 0) is 18.2 Å². The van der Waals surface area contributed by atoms with Gasteiger partial charge in [0.15, 0.2) is 5.78 Å². The van der Waals surface area contributed by atoms with Crippen LogP contribution in [0.1, 0.15) is 22.3 Å². The van der Waals surface area contributed by atoms with Crippen molar-refractivity contribution in [2.45, 2.75) is 19.3 Å². The van der Waals surface area contributed by atoms with Gasteiger partial charge in [-0.3, -0.25) is 4.79 Å². The molecule has 0 saturated heterocycles. The summed E-state index contributed by atoms with van der Waals surface area (Å²) >= 11 is 0. The second kappa shape index (κ2) is 5.56. The third-order valence-corrected chi connectivity index (χ3v) is 2.01. The Morgan fingerprint density at radius 1 is 1.40 bits per heavy atom. The fraction of sp³-hybridized carbons (Fsp3) is 0.364.